The van der Waals surface area contributed by atoms with Crippen LogP contribution in [0.3, 0.4) is 0 Å². The predicted molar refractivity (Wildman–Crippen MR) is 125 cm³/mol. The summed E-state index contributed by atoms with van der Waals surface area (Å²) in [5.41, 5.74) is 8.66. The smallest absolute Gasteiger partial charge is 0.211 e. The second-order valence-corrected chi connectivity index (χ2v) is 9.96. The molecule has 0 saturated carbocycles. The van der Waals surface area contributed by atoms with E-state index in [-0.39, 0.29) is 0 Å². The van der Waals surface area contributed by atoms with E-state index in [0.717, 1.165) is 33.6 Å². The summed E-state index contributed by atoms with van der Waals surface area (Å²) >= 11 is 0. The van der Waals surface area contributed by atoms with Gasteiger partial charge in [0.2, 0.25) is 10.0 Å². The summed E-state index contributed by atoms with van der Waals surface area (Å²) in [7, 11) is -3.19. The van der Waals surface area contributed by atoms with Gasteiger partial charge in [0.1, 0.15) is 0 Å². The Bertz CT molecular complexity index is 1260. The van der Waals surface area contributed by atoms with E-state index in [1.807, 2.05) is 30.3 Å². The molecule has 0 atom stereocenters. The molecule has 0 radical (unpaired) electrons. The minimum Gasteiger partial charge on any atom is -0.355 e. The number of hydrogen-bond donors (Lipinski definition) is 1. The van der Waals surface area contributed by atoms with Crippen LogP contribution in [0, 0.1) is 18.3 Å². The van der Waals surface area contributed by atoms with Gasteiger partial charge in [-0.2, -0.15) is 9.57 Å². The molecule has 0 fully saturated rings. The van der Waals surface area contributed by atoms with Gasteiger partial charge in [0.25, 0.3) is 0 Å². The van der Waals surface area contributed by atoms with E-state index in [1.165, 1.54) is 21.7 Å². The van der Waals surface area contributed by atoms with Crippen molar-refractivity contribution in [1.29, 1.82) is 5.26 Å². The Morgan fingerprint density at radius 3 is 2.58 bits per heavy atom. The first-order chi connectivity index (χ1) is 14.8. The molecule has 1 aliphatic heterocycles. The van der Waals surface area contributed by atoms with Gasteiger partial charge in [-0.3, -0.25) is 0 Å². The molecule has 31 heavy (non-hydrogen) atoms. The van der Waals surface area contributed by atoms with Gasteiger partial charge in [-0.1, -0.05) is 42.5 Å². The third kappa shape index (κ3) is 4.63. The second-order valence-electron chi connectivity index (χ2n) is 7.98. The van der Waals surface area contributed by atoms with Crippen molar-refractivity contribution in [2.75, 3.05) is 18.1 Å². The fourth-order valence-electron chi connectivity index (χ4n) is 4.04. The second kappa shape index (κ2) is 8.54. The number of nitrogens with one attached hydrogen (secondary N) is 1. The average molecular weight is 432 g/mol. The molecule has 158 valence electrons. The first-order valence-corrected chi connectivity index (χ1v) is 12.1. The zero-order valence-electron chi connectivity index (χ0n) is 17.7. The number of nitriles is 1. The Hall–Kier alpha value is -3.14. The van der Waals surface area contributed by atoms with E-state index in [4.69, 9.17) is 5.26 Å². The third-order valence-corrected chi connectivity index (χ3v) is 7.01. The predicted octanol–water partition coefficient (Wildman–Crippen LogP) is 4.79. The summed E-state index contributed by atoms with van der Waals surface area (Å²) in [6.07, 6.45) is 2.36. The maximum absolute atomic E-state index is 11.9. The highest BCUT2D eigenvalue weighted by Crippen LogP contribution is 2.32. The average Bonchev–Trinajstić information content (AvgIpc) is 2.75. The summed E-state index contributed by atoms with van der Waals surface area (Å²) < 4.78 is 25.4. The first kappa shape index (κ1) is 21.1. The fourth-order valence-corrected chi connectivity index (χ4v) is 4.84. The lowest BCUT2D eigenvalue weighted by atomic mass is 9.97. The topological polar surface area (TPSA) is 73.2 Å². The molecule has 0 spiro atoms. The van der Waals surface area contributed by atoms with Gasteiger partial charge in [0.15, 0.2) is 0 Å². The number of hydrogen-bond acceptors (Lipinski definition) is 4. The van der Waals surface area contributed by atoms with Crippen LogP contribution < -0.4 is 5.32 Å². The largest absolute Gasteiger partial charge is 0.355 e. The standard InChI is InChI=1S/C25H25N3O2S/c1-18-6-11-22(16-24(18)20-9-7-19(8-10-20)12-14-26)27-25-5-3-4-21-17-28(31(2,29)30)15-13-23(21)25/h3-11,16,27H,12-13,15,17H2,1-2H3. The maximum Gasteiger partial charge on any atom is 0.211 e. The summed E-state index contributed by atoms with van der Waals surface area (Å²) in [5, 5.41) is 12.4. The maximum atomic E-state index is 11.9. The Labute approximate surface area is 184 Å². The van der Waals surface area contributed by atoms with Gasteiger partial charge >= 0.3 is 0 Å². The van der Waals surface area contributed by atoms with Gasteiger partial charge in [-0.25, -0.2) is 8.42 Å². The van der Waals surface area contributed by atoms with Crippen molar-refractivity contribution in [3.05, 3.63) is 82.9 Å². The van der Waals surface area contributed by atoms with Crippen LogP contribution in [-0.2, 0) is 29.4 Å². The monoisotopic (exact) mass is 431 g/mol. The van der Waals surface area contributed by atoms with Crippen LogP contribution in [-0.4, -0.2) is 25.5 Å². The van der Waals surface area contributed by atoms with Crippen LogP contribution in [0.1, 0.15) is 22.3 Å². The summed E-state index contributed by atoms with van der Waals surface area (Å²) in [6.45, 7) is 3.00. The molecule has 1 aliphatic rings. The van der Waals surface area contributed by atoms with Crippen LogP contribution in [0.2, 0.25) is 0 Å². The minimum atomic E-state index is -3.19. The van der Waals surface area contributed by atoms with E-state index in [1.54, 1.807) is 0 Å². The van der Waals surface area contributed by atoms with Gasteiger partial charge < -0.3 is 5.32 Å². The van der Waals surface area contributed by atoms with E-state index in [0.29, 0.717) is 25.9 Å². The van der Waals surface area contributed by atoms with Crippen LogP contribution >= 0.6 is 0 Å². The van der Waals surface area contributed by atoms with Crippen molar-refractivity contribution in [3.63, 3.8) is 0 Å². The van der Waals surface area contributed by atoms with Gasteiger partial charge in [-0.15, -0.1) is 0 Å². The zero-order valence-corrected chi connectivity index (χ0v) is 18.5. The summed E-state index contributed by atoms with van der Waals surface area (Å²) in [5.74, 6) is 0. The van der Waals surface area contributed by atoms with Crippen LogP contribution in [0.15, 0.2) is 60.7 Å². The quantitative estimate of drug-likeness (QED) is 0.630. The number of fused-ring (bicyclic) bond motifs is 1. The molecule has 1 N–H and O–H groups in total. The van der Waals surface area contributed by atoms with Gasteiger partial charge in [0, 0.05) is 24.5 Å². The van der Waals surface area contributed by atoms with E-state index >= 15 is 0 Å². The summed E-state index contributed by atoms with van der Waals surface area (Å²) in [4.78, 5) is 0. The highest BCUT2D eigenvalue weighted by atomic mass is 32.2. The van der Waals surface area contributed by atoms with E-state index < -0.39 is 10.0 Å². The zero-order chi connectivity index (χ0) is 22.0. The molecular weight excluding hydrogens is 406 g/mol. The lowest BCUT2D eigenvalue weighted by Gasteiger charge is -2.28. The molecule has 0 unspecified atom stereocenters. The molecule has 3 aromatic carbocycles. The molecule has 4 rings (SSSR count). The van der Waals surface area contributed by atoms with Crippen LogP contribution in [0.5, 0.6) is 0 Å². The Kier molecular flexibility index (Phi) is 5.81. The molecule has 3 aromatic rings. The van der Waals surface area contributed by atoms with Crippen molar-refractivity contribution in [2.45, 2.75) is 26.3 Å². The Morgan fingerprint density at radius 2 is 1.87 bits per heavy atom. The van der Waals surface area contributed by atoms with Gasteiger partial charge in [0.05, 0.1) is 18.7 Å². The van der Waals surface area contributed by atoms with Crippen molar-refractivity contribution in [3.8, 4) is 17.2 Å². The van der Waals surface area contributed by atoms with Crippen LogP contribution in [0.4, 0.5) is 11.4 Å². The lowest BCUT2D eigenvalue weighted by Crippen LogP contribution is -2.35. The lowest BCUT2D eigenvalue weighted by molar-refractivity contribution is 0.395. The molecule has 1 heterocycles. The normalized spacial score (nSPS) is 14.0. The van der Waals surface area contributed by atoms with Crippen molar-refractivity contribution >= 4 is 21.4 Å². The molecule has 0 aromatic heterocycles. The highest BCUT2D eigenvalue weighted by Gasteiger charge is 2.24. The number of sulfonamides is 1. The molecule has 6 heteroatoms. The molecular formula is C25H25N3O2S. The molecule has 5 nitrogen and oxygen atoms in total. The number of nitrogens with zero attached hydrogens (tertiary/aromatic N) is 2. The Morgan fingerprint density at radius 1 is 1.10 bits per heavy atom. The molecule has 0 saturated heterocycles. The third-order valence-electron chi connectivity index (χ3n) is 5.76. The van der Waals surface area contributed by atoms with E-state index in [2.05, 4.69) is 48.6 Å². The SMILES string of the molecule is Cc1ccc(Nc2cccc3c2CCN(S(C)(=O)=O)C3)cc1-c1ccc(CC#N)cc1. The van der Waals surface area contributed by atoms with Crippen molar-refractivity contribution in [1.82, 2.24) is 4.31 Å². The number of aryl methyl sites for hydroxylation is 1. The van der Waals surface area contributed by atoms with E-state index in [9.17, 15) is 8.42 Å². The Balaban J connectivity index is 1.61. The van der Waals surface area contributed by atoms with Gasteiger partial charge in [-0.05, 0) is 64.9 Å². The first-order valence-electron chi connectivity index (χ1n) is 10.2. The number of benzene rings is 3. The number of rotatable bonds is 5. The number of anilines is 2. The van der Waals surface area contributed by atoms with Crippen molar-refractivity contribution < 1.29 is 8.42 Å². The van der Waals surface area contributed by atoms with Crippen molar-refractivity contribution in [2.24, 2.45) is 0 Å². The minimum absolute atomic E-state index is 0.413. The molecule has 0 bridgehead atoms. The summed E-state index contributed by atoms with van der Waals surface area (Å²) in [6, 6.07) is 22.6. The van der Waals surface area contributed by atoms with Crippen LogP contribution in [0.25, 0.3) is 11.1 Å². The fraction of sp³-hybridized carbons (Fsp3) is 0.240. The highest BCUT2D eigenvalue weighted by molar-refractivity contribution is 7.88. The molecule has 0 aliphatic carbocycles. The molecule has 0 amide bonds.